The minimum atomic E-state index is -0.445. The number of benzene rings is 1. The molecule has 23 heavy (non-hydrogen) atoms. The minimum Gasteiger partial charge on any atom is -0.459 e. The fourth-order valence-electron chi connectivity index (χ4n) is 2.76. The molecule has 0 unspecified atom stereocenters. The van der Waals surface area contributed by atoms with Gasteiger partial charge in [0.25, 0.3) is 0 Å². The predicted octanol–water partition coefficient (Wildman–Crippen LogP) is 4.62. The third-order valence-corrected chi connectivity index (χ3v) is 4.57. The molecular formula is C17H18Cl2N2O2. The van der Waals surface area contributed by atoms with Crippen LogP contribution >= 0.6 is 23.2 Å². The Morgan fingerprint density at radius 1 is 1.26 bits per heavy atom. The third kappa shape index (κ3) is 3.24. The van der Waals surface area contributed by atoms with Crippen LogP contribution in [0.2, 0.25) is 10.2 Å². The number of carbonyl (C=O) groups is 1. The van der Waals surface area contributed by atoms with Crippen LogP contribution < -0.4 is 0 Å². The summed E-state index contributed by atoms with van der Waals surface area (Å²) < 4.78 is 6.91. The van der Waals surface area contributed by atoms with E-state index in [2.05, 4.69) is 5.10 Å². The third-order valence-electron chi connectivity index (χ3n) is 3.85. The summed E-state index contributed by atoms with van der Waals surface area (Å²) in [4.78, 5) is 12.2. The Balaban J connectivity index is 2.01. The molecule has 0 atom stereocenters. The van der Waals surface area contributed by atoms with Crippen LogP contribution in [0.1, 0.15) is 48.3 Å². The zero-order valence-electron chi connectivity index (χ0n) is 13.1. The number of fused-ring (bicyclic) bond motifs is 1. The highest BCUT2D eigenvalue weighted by Gasteiger charge is 2.21. The molecule has 1 aromatic carbocycles. The standard InChI is InChI=1S/C17H18Cl2N2O2/c1-10(2)23-17(22)13-9-11(7-8-14(13)18)21-16(19)12-5-3-4-6-15(12)20-21/h7-10H,3-6H2,1-2H3. The van der Waals surface area contributed by atoms with E-state index in [0.717, 1.165) is 36.9 Å². The lowest BCUT2D eigenvalue weighted by molar-refractivity contribution is 0.0378. The maximum absolute atomic E-state index is 12.2. The number of nitrogens with zero attached hydrogens (tertiary/aromatic N) is 2. The van der Waals surface area contributed by atoms with Gasteiger partial charge in [-0.3, -0.25) is 0 Å². The average Bonchev–Trinajstić information content (AvgIpc) is 2.85. The first-order valence-corrected chi connectivity index (χ1v) is 8.50. The first-order chi connectivity index (χ1) is 11.0. The Kier molecular flexibility index (Phi) is 4.64. The Labute approximate surface area is 145 Å². The number of aromatic nitrogens is 2. The zero-order valence-corrected chi connectivity index (χ0v) is 14.6. The number of rotatable bonds is 3. The van der Waals surface area contributed by atoms with Crippen LogP contribution in [0.5, 0.6) is 0 Å². The Morgan fingerprint density at radius 3 is 2.70 bits per heavy atom. The van der Waals surface area contributed by atoms with Gasteiger partial charge < -0.3 is 4.74 Å². The van der Waals surface area contributed by atoms with Gasteiger partial charge in [0, 0.05) is 5.56 Å². The highest BCUT2D eigenvalue weighted by atomic mass is 35.5. The van der Waals surface area contributed by atoms with Gasteiger partial charge in [-0.2, -0.15) is 5.10 Å². The number of esters is 1. The van der Waals surface area contributed by atoms with Crippen molar-refractivity contribution in [3.63, 3.8) is 0 Å². The van der Waals surface area contributed by atoms with Crippen molar-refractivity contribution < 1.29 is 9.53 Å². The van der Waals surface area contributed by atoms with Gasteiger partial charge in [-0.15, -0.1) is 0 Å². The maximum atomic E-state index is 12.2. The van der Waals surface area contributed by atoms with Crippen LogP contribution in [0, 0.1) is 0 Å². The molecule has 3 rings (SSSR count). The molecule has 122 valence electrons. The summed E-state index contributed by atoms with van der Waals surface area (Å²) in [7, 11) is 0. The summed E-state index contributed by atoms with van der Waals surface area (Å²) in [5.74, 6) is -0.445. The smallest absolute Gasteiger partial charge is 0.339 e. The van der Waals surface area contributed by atoms with E-state index in [4.69, 9.17) is 27.9 Å². The maximum Gasteiger partial charge on any atom is 0.339 e. The normalized spacial score (nSPS) is 14.0. The fourth-order valence-corrected chi connectivity index (χ4v) is 3.30. The number of ether oxygens (including phenoxy) is 1. The SMILES string of the molecule is CC(C)OC(=O)c1cc(-n2nc3c(c2Cl)CCCC3)ccc1Cl. The van der Waals surface area contributed by atoms with Crippen molar-refractivity contribution in [3.8, 4) is 5.69 Å². The van der Waals surface area contributed by atoms with Crippen molar-refractivity contribution in [1.29, 1.82) is 0 Å². The molecule has 2 aromatic rings. The lowest BCUT2D eigenvalue weighted by atomic mass is 9.99. The first kappa shape index (κ1) is 16.3. The van der Waals surface area contributed by atoms with Crippen LogP contribution in [0.25, 0.3) is 5.69 Å². The molecule has 1 aliphatic rings. The molecule has 4 nitrogen and oxygen atoms in total. The molecule has 0 aliphatic heterocycles. The first-order valence-electron chi connectivity index (χ1n) is 7.74. The molecule has 0 saturated carbocycles. The van der Waals surface area contributed by atoms with Gasteiger partial charge in [0.1, 0.15) is 5.15 Å². The van der Waals surface area contributed by atoms with Crippen molar-refractivity contribution in [2.75, 3.05) is 0 Å². The Morgan fingerprint density at radius 2 is 2.00 bits per heavy atom. The van der Waals surface area contributed by atoms with E-state index in [-0.39, 0.29) is 6.10 Å². The van der Waals surface area contributed by atoms with Gasteiger partial charge in [-0.05, 0) is 57.7 Å². The van der Waals surface area contributed by atoms with E-state index < -0.39 is 5.97 Å². The summed E-state index contributed by atoms with van der Waals surface area (Å²) in [6.45, 7) is 3.60. The van der Waals surface area contributed by atoms with Crippen LogP contribution in [0.4, 0.5) is 0 Å². The van der Waals surface area contributed by atoms with Crippen LogP contribution in [-0.2, 0) is 17.6 Å². The lowest BCUT2D eigenvalue weighted by Crippen LogP contribution is -2.12. The van der Waals surface area contributed by atoms with Crippen molar-refractivity contribution in [3.05, 3.63) is 45.2 Å². The van der Waals surface area contributed by atoms with E-state index >= 15 is 0 Å². The van der Waals surface area contributed by atoms with Crippen LogP contribution in [0.15, 0.2) is 18.2 Å². The Hall–Kier alpha value is -1.52. The molecule has 0 N–H and O–H groups in total. The van der Waals surface area contributed by atoms with E-state index in [0.29, 0.717) is 21.4 Å². The van der Waals surface area contributed by atoms with E-state index in [1.165, 1.54) is 0 Å². The summed E-state index contributed by atoms with van der Waals surface area (Å²) in [6, 6.07) is 5.15. The van der Waals surface area contributed by atoms with Gasteiger partial charge in [0.2, 0.25) is 0 Å². The number of hydrogen-bond acceptors (Lipinski definition) is 3. The van der Waals surface area contributed by atoms with Gasteiger partial charge >= 0.3 is 5.97 Å². The second-order valence-corrected chi connectivity index (χ2v) is 6.72. The molecule has 0 radical (unpaired) electrons. The lowest BCUT2D eigenvalue weighted by Gasteiger charge is -2.11. The summed E-state index contributed by atoms with van der Waals surface area (Å²) in [5, 5.41) is 5.57. The molecule has 0 fully saturated rings. The van der Waals surface area contributed by atoms with Gasteiger partial charge in [-0.25, -0.2) is 9.48 Å². The number of carbonyl (C=O) groups excluding carboxylic acids is 1. The van der Waals surface area contributed by atoms with Crippen molar-refractivity contribution in [2.45, 2.75) is 45.6 Å². The summed E-state index contributed by atoms with van der Waals surface area (Å²) in [5.41, 5.74) is 3.19. The van der Waals surface area contributed by atoms with Gasteiger partial charge in [0.15, 0.2) is 0 Å². The summed E-state index contributed by atoms with van der Waals surface area (Å²) in [6.07, 6.45) is 3.95. The minimum absolute atomic E-state index is 0.206. The monoisotopic (exact) mass is 352 g/mol. The van der Waals surface area contributed by atoms with Gasteiger partial charge in [-0.1, -0.05) is 23.2 Å². The second-order valence-electron chi connectivity index (χ2n) is 5.95. The largest absolute Gasteiger partial charge is 0.459 e. The molecule has 1 aromatic heterocycles. The second kappa shape index (κ2) is 6.54. The fraction of sp³-hybridized carbons (Fsp3) is 0.412. The van der Waals surface area contributed by atoms with Crippen molar-refractivity contribution in [1.82, 2.24) is 9.78 Å². The van der Waals surface area contributed by atoms with E-state index in [1.54, 1.807) is 36.7 Å². The highest BCUT2D eigenvalue weighted by molar-refractivity contribution is 6.33. The van der Waals surface area contributed by atoms with E-state index in [1.807, 2.05) is 0 Å². The predicted molar refractivity (Wildman–Crippen MR) is 90.8 cm³/mol. The van der Waals surface area contributed by atoms with Crippen LogP contribution in [0.3, 0.4) is 0 Å². The highest BCUT2D eigenvalue weighted by Crippen LogP contribution is 2.31. The molecule has 1 aliphatic carbocycles. The number of hydrogen-bond donors (Lipinski definition) is 0. The number of halogens is 2. The average molecular weight is 353 g/mol. The quantitative estimate of drug-likeness (QED) is 0.756. The molecule has 1 heterocycles. The molecule has 0 amide bonds. The summed E-state index contributed by atoms with van der Waals surface area (Å²) >= 11 is 12.6. The van der Waals surface area contributed by atoms with Crippen molar-refractivity contribution in [2.24, 2.45) is 0 Å². The van der Waals surface area contributed by atoms with Crippen LogP contribution in [-0.4, -0.2) is 21.9 Å². The van der Waals surface area contributed by atoms with Gasteiger partial charge in [0.05, 0.1) is 28.1 Å². The molecule has 0 bridgehead atoms. The van der Waals surface area contributed by atoms with E-state index in [9.17, 15) is 4.79 Å². The zero-order chi connectivity index (χ0) is 16.6. The molecule has 0 saturated heterocycles. The number of aryl methyl sites for hydroxylation is 1. The topological polar surface area (TPSA) is 44.1 Å². The van der Waals surface area contributed by atoms with Crippen molar-refractivity contribution >= 4 is 29.2 Å². The molecule has 0 spiro atoms. The molecular weight excluding hydrogens is 335 g/mol. The molecule has 6 heteroatoms. The Bertz CT molecular complexity index is 753.